The highest BCUT2D eigenvalue weighted by Gasteiger charge is 2.20. The molecule has 2 aromatic rings. The van der Waals surface area contributed by atoms with Gasteiger partial charge < -0.3 is 5.32 Å². The molecule has 4 heteroatoms. The lowest BCUT2D eigenvalue weighted by molar-refractivity contribution is 0.762. The van der Waals surface area contributed by atoms with Gasteiger partial charge >= 0.3 is 0 Å². The second kappa shape index (κ2) is 4.20. The Labute approximate surface area is 102 Å². The molecule has 0 spiro atoms. The van der Waals surface area contributed by atoms with E-state index in [0.29, 0.717) is 6.04 Å². The number of rotatable bonds is 2. The summed E-state index contributed by atoms with van der Waals surface area (Å²) in [4.78, 5) is 8.56. The first-order valence-electron chi connectivity index (χ1n) is 5.93. The predicted octanol–water partition coefficient (Wildman–Crippen LogP) is 0.314. The van der Waals surface area contributed by atoms with Gasteiger partial charge in [0.1, 0.15) is 7.85 Å². The monoisotopic (exact) mass is 223 g/mol. The molecule has 1 aliphatic carbocycles. The summed E-state index contributed by atoms with van der Waals surface area (Å²) in [7, 11) is 2.00. The quantitative estimate of drug-likeness (QED) is 0.745. The lowest BCUT2D eigenvalue weighted by atomic mass is 10.0. The molecule has 0 amide bonds. The topological polar surface area (TPSA) is 37.8 Å². The zero-order chi connectivity index (χ0) is 11.7. The van der Waals surface area contributed by atoms with Gasteiger partial charge in [0.05, 0.1) is 0 Å². The first-order chi connectivity index (χ1) is 8.31. The van der Waals surface area contributed by atoms with Gasteiger partial charge in [0.2, 0.25) is 5.95 Å². The van der Waals surface area contributed by atoms with Crippen LogP contribution >= 0.6 is 0 Å². The van der Waals surface area contributed by atoms with Crippen LogP contribution in [0.4, 0.5) is 5.95 Å². The number of hydrogen-bond donors (Lipinski definition) is 1. The molecule has 3 nitrogen and oxygen atoms in total. The Morgan fingerprint density at radius 3 is 2.24 bits per heavy atom. The van der Waals surface area contributed by atoms with E-state index in [1.54, 1.807) is 0 Å². The summed E-state index contributed by atoms with van der Waals surface area (Å²) in [6, 6.07) is 9.03. The van der Waals surface area contributed by atoms with E-state index in [2.05, 4.69) is 39.6 Å². The van der Waals surface area contributed by atoms with Crippen LogP contribution in [0.25, 0.3) is 0 Å². The van der Waals surface area contributed by atoms with Crippen LogP contribution in [0, 0.1) is 0 Å². The van der Waals surface area contributed by atoms with Crippen molar-refractivity contribution in [1.29, 1.82) is 0 Å². The summed E-state index contributed by atoms with van der Waals surface area (Å²) < 4.78 is 0. The summed E-state index contributed by atoms with van der Waals surface area (Å²) in [5.41, 5.74) is 3.97. The number of benzene rings is 1. The SMILES string of the molecule is Bc1cnc(NC2Cc3ccccc3C2)nc1. The van der Waals surface area contributed by atoms with Crippen molar-refractivity contribution in [1.82, 2.24) is 9.97 Å². The molecule has 0 unspecified atom stereocenters. The van der Waals surface area contributed by atoms with E-state index in [9.17, 15) is 0 Å². The highest BCUT2D eigenvalue weighted by atomic mass is 15.1. The second-order valence-electron chi connectivity index (χ2n) is 4.60. The number of nitrogens with one attached hydrogen (secondary N) is 1. The first-order valence-corrected chi connectivity index (χ1v) is 5.93. The van der Waals surface area contributed by atoms with Crippen molar-refractivity contribution in [2.75, 3.05) is 5.32 Å². The van der Waals surface area contributed by atoms with Gasteiger partial charge in [-0.1, -0.05) is 29.7 Å². The third kappa shape index (κ3) is 2.16. The molecule has 84 valence electrons. The van der Waals surface area contributed by atoms with Crippen LogP contribution in [0.1, 0.15) is 11.1 Å². The Balaban J connectivity index is 1.71. The fraction of sp³-hybridized carbons (Fsp3) is 0.231. The van der Waals surface area contributed by atoms with Crippen molar-refractivity contribution in [3.05, 3.63) is 47.8 Å². The van der Waals surface area contributed by atoms with E-state index in [-0.39, 0.29) is 0 Å². The van der Waals surface area contributed by atoms with Gasteiger partial charge in [-0.25, -0.2) is 9.97 Å². The van der Waals surface area contributed by atoms with Gasteiger partial charge in [-0.3, -0.25) is 0 Å². The van der Waals surface area contributed by atoms with Gasteiger partial charge in [0.25, 0.3) is 0 Å². The van der Waals surface area contributed by atoms with E-state index in [4.69, 9.17) is 0 Å². The van der Waals surface area contributed by atoms with Crippen molar-refractivity contribution < 1.29 is 0 Å². The Kier molecular flexibility index (Phi) is 2.55. The third-order valence-electron chi connectivity index (χ3n) is 3.17. The van der Waals surface area contributed by atoms with E-state index in [0.717, 1.165) is 24.3 Å². The molecule has 0 aliphatic heterocycles. The van der Waals surface area contributed by atoms with Crippen molar-refractivity contribution in [3.63, 3.8) is 0 Å². The van der Waals surface area contributed by atoms with E-state index in [1.165, 1.54) is 11.1 Å². The molecule has 3 rings (SSSR count). The van der Waals surface area contributed by atoms with Crippen LogP contribution < -0.4 is 10.8 Å². The minimum absolute atomic E-state index is 0.426. The summed E-state index contributed by atoms with van der Waals surface area (Å²) in [6.07, 6.45) is 5.82. The molecule has 1 aliphatic rings. The number of anilines is 1. The maximum Gasteiger partial charge on any atom is 0.222 e. The average molecular weight is 223 g/mol. The fourth-order valence-electron chi connectivity index (χ4n) is 2.31. The standard InChI is InChI=1S/C13H14BN3/c14-11-7-15-13(16-8-11)17-12-5-9-3-1-2-4-10(9)6-12/h1-4,7-8,12H,5-6,14H2,(H,15,16,17). The van der Waals surface area contributed by atoms with Crippen molar-refractivity contribution in [3.8, 4) is 0 Å². The Morgan fingerprint density at radius 1 is 1.06 bits per heavy atom. The maximum absolute atomic E-state index is 4.28. The van der Waals surface area contributed by atoms with Crippen LogP contribution in [-0.2, 0) is 12.8 Å². The summed E-state index contributed by atoms with van der Waals surface area (Å²) in [6.45, 7) is 0. The minimum atomic E-state index is 0.426. The highest BCUT2D eigenvalue weighted by Crippen LogP contribution is 2.23. The van der Waals surface area contributed by atoms with Crippen molar-refractivity contribution in [2.24, 2.45) is 0 Å². The Morgan fingerprint density at radius 2 is 1.65 bits per heavy atom. The lowest BCUT2D eigenvalue weighted by Crippen LogP contribution is -2.21. The van der Waals surface area contributed by atoms with Crippen LogP contribution in [0.5, 0.6) is 0 Å². The smallest absolute Gasteiger partial charge is 0.222 e. The van der Waals surface area contributed by atoms with Crippen LogP contribution in [0.15, 0.2) is 36.7 Å². The molecule has 1 N–H and O–H groups in total. The molecule has 1 aromatic heterocycles. The number of nitrogens with zero attached hydrogens (tertiary/aromatic N) is 2. The summed E-state index contributed by atoms with van der Waals surface area (Å²) >= 11 is 0. The maximum atomic E-state index is 4.28. The molecule has 17 heavy (non-hydrogen) atoms. The number of fused-ring (bicyclic) bond motifs is 1. The zero-order valence-corrected chi connectivity index (χ0v) is 9.85. The Hall–Kier alpha value is -1.84. The molecule has 0 saturated carbocycles. The minimum Gasteiger partial charge on any atom is -0.351 e. The largest absolute Gasteiger partial charge is 0.351 e. The van der Waals surface area contributed by atoms with E-state index in [1.807, 2.05) is 20.2 Å². The molecular weight excluding hydrogens is 209 g/mol. The van der Waals surface area contributed by atoms with E-state index < -0.39 is 0 Å². The molecule has 1 heterocycles. The number of hydrogen-bond acceptors (Lipinski definition) is 3. The van der Waals surface area contributed by atoms with Gasteiger partial charge in [-0.05, 0) is 24.0 Å². The van der Waals surface area contributed by atoms with Crippen molar-refractivity contribution >= 4 is 19.3 Å². The first kappa shape index (κ1) is 10.3. The average Bonchev–Trinajstić information content (AvgIpc) is 2.74. The molecular formula is C13H14BN3. The lowest BCUT2D eigenvalue weighted by Gasteiger charge is -2.11. The fourth-order valence-corrected chi connectivity index (χ4v) is 2.31. The van der Waals surface area contributed by atoms with Crippen LogP contribution in [0.3, 0.4) is 0 Å². The van der Waals surface area contributed by atoms with Gasteiger partial charge in [-0.15, -0.1) is 0 Å². The Bertz CT molecular complexity index is 499. The number of aromatic nitrogens is 2. The molecule has 1 aromatic carbocycles. The second-order valence-corrected chi connectivity index (χ2v) is 4.60. The zero-order valence-electron chi connectivity index (χ0n) is 9.85. The molecule has 0 bridgehead atoms. The molecule has 0 saturated heterocycles. The van der Waals surface area contributed by atoms with Gasteiger partial charge in [0.15, 0.2) is 0 Å². The summed E-state index contributed by atoms with van der Waals surface area (Å²) in [5.74, 6) is 0.730. The normalized spacial score (nSPS) is 14.6. The summed E-state index contributed by atoms with van der Waals surface area (Å²) in [5, 5.41) is 3.39. The predicted molar refractivity (Wildman–Crippen MR) is 71.5 cm³/mol. The van der Waals surface area contributed by atoms with Crippen molar-refractivity contribution in [2.45, 2.75) is 18.9 Å². The van der Waals surface area contributed by atoms with Crippen LogP contribution in [0.2, 0.25) is 0 Å². The molecule has 0 fully saturated rings. The molecule has 0 atom stereocenters. The van der Waals surface area contributed by atoms with E-state index >= 15 is 0 Å². The van der Waals surface area contributed by atoms with Crippen LogP contribution in [-0.4, -0.2) is 23.9 Å². The third-order valence-corrected chi connectivity index (χ3v) is 3.17. The molecule has 0 radical (unpaired) electrons. The van der Waals surface area contributed by atoms with Gasteiger partial charge in [-0.2, -0.15) is 0 Å². The van der Waals surface area contributed by atoms with Gasteiger partial charge in [0, 0.05) is 18.4 Å². The highest BCUT2D eigenvalue weighted by molar-refractivity contribution is 6.31.